The molecule has 0 saturated carbocycles. The predicted molar refractivity (Wildman–Crippen MR) is 102 cm³/mol. The van der Waals surface area contributed by atoms with Crippen molar-refractivity contribution in [1.82, 2.24) is 15.0 Å². The minimum atomic E-state index is -0.154. The van der Waals surface area contributed by atoms with Crippen molar-refractivity contribution < 1.29 is 5.11 Å². The molecule has 0 aliphatic heterocycles. The molecule has 0 unspecified atom stereocenters. The maximum atomic E-state index is 10.9. The summed E-state index contributed by atoms with van der Waals surface area (Å²) in [6, 6.07) is 11.9. The van der Waals surface area contributed by atoms with Gasteiger partial charge in [-0.1, -0.05) is 52.8 Å². The first-order chi connectivity index (χ1) is 11.8. The van der Waals surface area contributed by atoms with Crippen LogP contribution in [0.2, 0.25) is 0 Å². The summed E-state index contributed by atoms with van der Waals surface area (Å²) < 4.78 is 0. The van der Waals surface area contributed by atoms with E-state index < -0.39 is 0 Å². The molecule has 0 bridgehead atoms. The van der Waals surface area contributed by atoms with Crippen LogP contribution in [0.25, 0.3) is 16.7 Å². The van der Waals surface area contributed by atoms with Crippen molar-refractivity contribution in [2.45, 2.75) is 52.9 Å². The highest BCUT2D eigenvalue weighted by atomic mass is 16.3. The van der Waals surface area contributed by atoms with Crippen LogP contribution in [0.3, 0.4) is 0 Å². The lowest BCUT2D eigenvalue weighted by Crippen LogP contribution is -2.14. The van der Waals surface area contributed by atoms with Gasteiger partial charge in [-0.3, -0.25) is 0 Å². The van der Waals surface area contributed by atoms with Gasteiger partial charge in [0.2, 0.25) is 0 Å². The molecule has 1 N–H and O–H groups in total. The van der Waals surface area contributed by atoms with Crippen LogP contribution >= 0.6 is 0 Å². The number of hydrogen-bond acceptors (Lipinski definition) is 3. The van der Waals surface area contributed by atoms with Gasteiger partial charge in [0.05, 0.1) is 0 Å². The van der Waals surface area contributed by atoms with Crippen LogP contribution in [0.1, 0.15) is 52.2 Å². The first kappa shape index (κ1) is 17.5. The predicted octanol–water partition coefficient (Wildman–Crippen LogP) is 5.01. The molecule has 0 atom stereocenters. The molecule has 4 nitrogen and oxygen atoms in total. The summed E-state index contributed by atoms with van der Waals surface area (Å²) >= 11 is 0. The number of fused-ring (bicyclic) bond motifs is 1. The van der Waals surface area contributed by atoms with Crippen LogP contribution in [-0.2, 0) is 11.8 Å². The van der Waals surface area contributed by atoms with Gasteiger partial charge in [0.15, 0.2) is 0 Å². The van der Waals surface area contributed by atoms with Crippen LogP contribution in [-0.4, -0.2) is 20.1 Å². The minimum absolute atomic E-state index is 0.154. The molecule has 0 radical (unpaired) electrons. The van der Waals surface area contributed by atoms with Gasteiger partial charge in [0.25, 0.3) is 0 Å². The monoisotopic (exact) mass is 337 g/mol. The molecule has 132 valence electrons. The fraction of sp³-hybridized carbons (Fsp3) is 0.429. The summed E-state index contributed by atoms with van der Waals surface area (Å²) in [5.41, 5.74) is 4.30. The smallest absolute Gasteiger partial charge is 0.146 e. The molecule has 3 rings (SSSR count). The van der Waals surface area contributed by atoms with E-state index in [1.807, 2.05) is 30.3 Å². The second-order valence-electron chi connectivity index (χ2n) is 8.17. The van der Waals surface area contributed by atoms with Crippen molar-refractivity contribution in [3.05, 3.63) is 47.5 Å². The topological polar surface area (TPSA) is 50.9 Å². The quantitative estimate of drug-likeness (QED) is 0.728. The number of phenolic OH excluding ortho intramolecular Hbond substituents is 1. The molecule has 1 heterocycles. The Morgan fingerprint density at radius 2 is 1.64 bits per heavy atom. The number of hydrogen-bond donors (Lipinski definition) is 1. The molecule has 0 aliphatic carbocycles. The van der Waals surface area contributed by atoms with Crippen molar-refractivity contribution in [3.8, 4) is 11.4 Å². The summed E-state index contributed by atoms with van der Waals surface area (Å²) in [4.78, 5) is 1.56. The number of aryl methyl sites for hydroxylation is 1. The molecule has 0 fully saturated rings. The zero-order valence-electron chi connectivity index (χ0n) is 15.7. The summed E-state index contributed by atoms with van der Waals surface area (Å²) in [6.45, 7) is 10.8. The third-order valence-corrected chi connectivity index (χ3v) is 4.47. The van der Waals surface area contributed by atoms with Gasteiger partial charge in [-0.25, -0.2) is 0 Å². The van der Waals surface area contributed by atoms with E-state index in [1.165, 1.54) is 5.56 Å². The number of aromatic nitrogens is 3. The average Bonchev–Trinajstić information content (AvgIpc) is 2.96. The van der Waals surface area contributed by atoms with Gasteiger partial charge in [-0.05, 0) is 47.9 Å². The number of phenols is 1. The molecule has 0 aliphatic rings. The second-order valence-corrected chi connectivity index (χ2v) is 8.17. The highest BCUT2D eigenvalue weighted by molar-refractivity contribution is 5.73. The SMILES string of the molecule is CC(C)CCc1cc(-n2nc3ccccc3n2)c(O)c(C(C)(C)C)c1. The highest BCUT2D eigenvalue weighted by Gasteiger charge is 2.23. The zero-order chi connectivity index (χ0) is 18.2. The van der Waals surface area contributed by atoms with Gasteiger partial charge < -0.3 is 5.11 Å². The lowest BCUT2D eigenvalue weighted by Gasteiger charge is -2.23. The largest absolute Gasteiger partial charge is 0.505 e. The molecular formula is C21H27N3O. The van der Waals surface area contributed by atoms with E-state index in [1.54, 1.807) is 4.80 Å². The van der Waals surface area contributed by atoms with Crippen LogP contribution < -0.4 is 0 Å². The lowest BCUT2D eigenvalue weighted by atomic mass is 9.84. The van der Waals surface area contributed by atoms with Gasteiger partial charge in [0.1, 0.15) is 22.5 Å². The summed E-state index contributed by atoms with van der Waals surface area (Å²) in [6.07, 6.45) is 2.09. The van der Waals surface area contributed by atoms with Crippen LogP contribution in [0.5, 0.6) is 5.75 Å². The molecule has 0 spiro atoms. The fourth-order valence-corrected chi connectivity index (χ4v) is 2.97. The van der Waals surface area contributed by atoms with Crippen LogP contribution in [0, 0.1) is 5.92 Å². The van der Waals surface area contributed by atoms with Crippen LogP contribution in [0.15, 0.2) is 36.4 Å². The second kappa shape index (κ2) is 6.51. The highest BCUT2D eigenvalue weighted by Crippen LogP contribution is 2.36. The third-order valence-electron chi connectivity index (χ3n) is 4.47. The molecule has 1 aromatic heterocycles. The van der Waals surface area contributed by atoms with Crippen molar-refractivity contribution in [2.75, 3.05) is 0 Å². The average molecular weight is 337 g/mol. The van der Waals surface area contributed by atoms with E-state index in [0.29, 0.717) is 11.6 Å². The van der Waals surface area contributed by atoms with Crippen molar-refractivity contribution in [3.63, 3.8) is 0 Å². The molecule has 2 aromatic carbocycles. The molecule has 0 amide bonds. The molecule has 25 heavy (non-hydrogen) atoms. The fourth-order valence-electron chi connectivity index (χ4n) is 2.97. The summed E-state index contributed by atoms with van der Waals surface area (Å²) in [7, 11) is 0. The van der Waals surface area contributed by atoms with Crippen LogP contribution in [0.4, 0.5) is 0 Å². The number of aromatic hydroxyl groups is 1. The van der Waals surface area contributed by atoms with Gasteiger partial charge in [-0.2, -0.15) is 0 Å². The molecule has 3 aromatic rings. The number of nitrogens with zero attached hydrogens (tertiary/aromatic N) is 3. The Kier molecular flexibility index (Phi) is 4.55. The first-order valence-corrected chi connectivity index (χ1v) is 8.94. The lowest BCUT2D eigenvalue weighted by molar-refractivity contribution is 0.439. The maximum Gasteiger partial charge on any atom is 0.146 e. The summed E-state index contributed by atoms with van der Waals surface area (Å²) in [5.74, 6) is 0.904. The first-order valence-electron chi connectivity index (χ1n) is 8.94. The van der Waals surface area contributed by atoms with Gasteiger partial charge in [-0.15, -0.1) is 15.0 Å². The van der Waals surface area contributed by atoms with E-state index in [9.17, 15) is 5.11 Å². The summed E-state index contributed by atoms with van der Waals surface area (Å²) in [5, 5.41) is 20.0. The van der Waals surface area contributed by atoms with E-state index in [-0.39, 0.29) is 11.2 Å². The Morgan fingerprint density at radius 3 is 2.16 bits per heavy atom. The normalized spacial score (nSPS) is 12.2. The maximum absolute atomic E-state index is 10.9. The van der Waals surface area contributed by atoms with Crippen molar-refractivity contribution in [2.24, 2.45) is 5.92 Å². The van der Waals surface area contributed by atoms with E-state index >= 15 is 0 Å². The standard InChI is InChI=1S/C21H27N3O/c1-14(2)10-11-15-12-16(21(3,4)5)20(25)19(13-15)24-22-17-8-6-7-9-18(17)23-24/h6-9,12-14,25H,10-11H2,1-5H3. The van der Waals surface area contributed by atoms with Crippen molar-refractivity contribution >= 4 is 11.0 Å². The molecular weight excluding hydrogens is 310 g/mol. The van der Waals surface area contributed by atoms with Gasteiger partial charge in [0, 0.05) is 5.56 Å². The molecule has 0 saturated heterocycles. The Morgan fingerprint density at radius 1 is 1.04 bits per heavy atom. The number of benzene rings is 2. The Balaban J connectivity index is 2.14. The van der Waals surface area contributed by atoms with E-state index in [0.717, 1.165) is 29.4 Å². The van der Waals surface area contributed by atoms with E-state index in [4.69, 9.17) is 0 Å². The van der Waals surface area contributed by atoms with Crippen molar-refractivity contribution in [1.29, 1.82) is 0 Å². The van der Waals surface area contributed by atoms with Gasteiger partial charge >= 0.3 is 0 Å². The Bertz CT molecular complexity index is 855. The molecule has 4 heteroatoms. The zero-order valence-corrected chi connectivity index (χ0v) is 15.7. The third kappa shape index (κ3) is 3.68. The van der Waals surface area contributed by atoms with E-state index in [2.05, 4.69) is 50.9 Å². The minimum Gasteiger partial charge on any atom is -0.505 e. The Labute approximate surface area is 149 Å². The number of rotatable bonds is 4. The Hall–Kier alpha value is -2.36.